The molecule has 0 aromatic heterocycles. The Morgan fingerprint density at radius 3 is 1.90 bits per heavy atom. The molecule has 3 nitrogen and oxygen atoms in total. The normalized spacial score (nSPS) is 11.0. The Morgan fingerprint density at radius 1 is 0.733 bits per heavy atom. The third kappa shape index (κ3) is 8.38. The second-order valence-electron chi connectivity index (χ2n) is 8.24. The number of benzene rings is 2. The van der Waals surface area contributed by atoms with Gasteiger partial charge < -0.3 is 9.47 Å². The molecule has 2 aromatic carbocycles. The van der Waals surface area contributed by atoms with Crippen LogP contribution in [-0.4, -0.2) is 19.7 Å². The minimum Gasteiger partial charge on any atom is -0.496 e. The Morgan fingerprint density at radius 2 is 1.30 bits per heavy atom. The van der Waals surface area contributed by atoms with Gasteiger partial charge in [0, 0.05) is 0 Å². The van der Waals surface area contributed by atoms with Gasteiger partial charge in [-0.15, -0.1) is 0 Å². The van der Waals surface area contributed by atoms with Gasteiger partial charge in [0.05, 0.1) is 13.7 Å². The molecule has 166 valence electrons. The fourth-order valence-corrected chi connectivity index (χ4v) is 3.99. The van der Waals surface area contributed by atoms with E-state index in [0.29, 0.717) is 17.9 Å². The van der Waals surface area contributed by atoms with Gasteiger partial charge in [0.1, 0.15) is 11.3 Å². The number of hydrogen-bond donors (Lipinski definition) is 0. The Kier molecular flexibility index (Phi) is 12.0. The van der Waals surface area contributed by atoms with Crippen LogP contribution in [0.4, 0.5) is 0 Å². The molecule has 0 saturated heterocycles. The Balaban J connectivity index is 1.57. The molecular weight excluding hydrogens is 372 g/mol. The lowest BCUT2D eigenvalue weighted by Gasteiger charge is -2.12. The van der Waals surface area contributed by atoms with E-state index in [2.05, 4.69) is 6.92 Å². The largest absolute Gasteiger partial charge is 0.496 e. The van der Waals surface area contributed by atoms with Crippen LogP contribution in [0.5, 0.6) is 5.75 Å². The second kappa shape index (κ2) is 14.9. The maximum atomic E-state index is 12.7. The number of hydrogen-bond acceptors (Lipinski definition) is 3. The number of ether oxygens (including phenoxy) is 2. The predicted molar refractivity (Wildman–Crippen MR) is 126 cm³/mol. The van der Waals surface area contributed by atoms with Crippen molar-refractivity contribution in [3.63, 3.8) is 0 Å². The molecule has 0 amide bonds. The highest BCUT2D eigenvalue weighted by molar-refractivity contribution is 6.07. The topological polar surface area (TPSA) is 35.5 Å². The maximum Gasteiger partial charge on any atom is 0.342 e. The highest BCUT2D eigenvalue weighted by Crippen LogP contribution is 2.28. The Bertz CT molecular complexity index is 738. The van der Waals surface area contributed by atoms with Gasteiger partial charge in [0.15, 0.2) is 0 Å². The first-order chi connectivity index (χ1) is 14.8. The molecule has 0 radical (unpaired) electrons. The number of fused-ring (bicyclic) bond motifs is 1. The van der Waals surface area contributed by atoms with Crippen LogP contribution < -0.4 is 4.74 Å². The Labute approximate surface area is 183 Å². The third-order valence-corrected chi connectivity index (χ3v) is 5.80. The summed E-state index contributed by atoms with van der Waals surface area (Å²) in [4.78, 5) is 12.7. The molecule has 0 spiro atoms. The lowest BCUT2D eigenvalue weighted by atomic mass is 10.0. The van der Waals surface area contributed by atoms with Crippen molar-refractivity contribution >= 4 is 16.7 Å². The van der Waals surface area contributed by atoms with Gasteiger partial charge in [-0.05, 0) is 23.3 Å². The van der Waals surface area contributed by atoms with E-state index in [4.69, 9.17) is 9.47 Å². The highest BCUT2D eigenvalue weighted by atomic mass is 16.5. The molecule has 0 aliphatic heterocycles. The van der Waals surface area contributed by atoms with Gasteiger partial charge in [0.2, 0.25) is 0 Å². The summed E-state index contributed by atoms with van der Waals surface area (Å²) < 4.78 is 11.0. The van der Waals surface area contributed by atoms with E-state index in [9.17, 15) is 4.79 Å². The lowest BCUT2D eigenvalue weighted by molar-refractivity contribution is 0.0496. The van der Waals surface area contributed by atoms with Crippen molar-refractivity contribution < 1.29 is 14.3 Å². The summed E-state index contributed by atoms with van der Waals surface area (Å²) in [6.45, 7) is 2.75. The van der Waals surface area contributed by atoms with E-state index in [-0.39, 0.29) is 5.97 Å². The first-order valence-corrected chi connectivity index (χ1v) is 12.0. The van der Waals surface area contributed by atoms with Crippen LogP contribution in [0, 0.1) is 0 Å². The van der Waals surface area contributed by atoms with Crippen molar-refractivity contribution in [2.75, 3.05) is 13.7 Å². The van der Waals surface area contributed by atoms with Crippen molar-refractivity contribution in [2.24, 2.45) is 0 Å². The molecule has 3 heteroatoms. The molecule has 0 atom stereocenters. The minimum absolute atomic E-state index is 0.289. The van der Waals surface area contributed by atoms with Gasteiger partial charge in [-0.3, -0.25) is 0 Å². The maximum absolute atomic E-state index is 12.7. The SMILES string of the molecule is CCCCCCCCCCCCCCCOC(=O)c1c(OC)ccc2ccccc12. The first kappa shape index (κ1) is 24.2. The number of rotatable bonds is 16. The molecule has 0 bridgehead atoms. The zero-order valence-corrected chi connectivity index (χ0v) is 19.1. The van der Waals surface area contributed by atoms with E-state index in [1.54, 1.807) is 7.11 Å². The zero-order valence-electron chi connectivity index (χ0n) is 19.1. The highest BCUT2D eigenvalue weighted by Gasteiger charge is 2.17. The number of carbonyl (C=O) groups excluding carboxylic acids is 1. The average Bonchev–Trinajstić information content (AvgIpc) is 2.78. The summed E-state index contributed by atoms with van der Waals surface area (Å²) in [7, 11) is 1.59. The van der Waals surface area contributed by atoms with Crippen LogP contribution in [-0.2, 0) is 4.74 Å². The number of unbranched alkanes of at least 4 members (excludes halogenated alkanes) is 12. The van der Waals surface area contributed by atoms with E-state index in [1.807, 2.05) is 36.4 Å². The monoisotopic (exact) mass is 412 g/mol. The summed E-state index contributed by atoms with van der Waals surface area (Å²) in [5, 5.41) is 1.90. The van der Waals surface area contributed by atoms with Crippen molar-refractivity contribution in [2.45, 2.75) is 90.4 Å². The van der Waals surface area contributed by atoms with Gasteiger partial charge >= 0.3 is 5.97 Å². The fraction of sp³-hybridized carbons (Fsp3) is 0.593. The van der Waals surface area contributed by atoms with Crippen LogP contribution in [0.15, 0.2) is 36.4 Å². The van der Waals surface area contributed by atoms with E-state index >= 15 is 0 Å². The molecule has 0 saturated carbocycles. The third-order valence-electron chi connectivity index (χ3n) is 5.80. The quantitative estimate of drug-likeness (QED) is 0.206. The lowest BCUT2D eigenvalue weighted by Crippen LogP contribution is -2.09. The second-order valence-corrected chi connectivity index (χ2v) is 8.24. The Hall–Kier alpha value is -2.03. The molecule has 30 heavy (non-hydrogen) atoms. The first-order valence-electron chi connectivity index (χ1n) is 12.0. The molecule has 0 aliphatic carbocycles. The predicted octanol–water partition coefficient (Wildman–Crippen LogP) is 8.10. The molecule has 0 aliphatic rings. The molecule has 2 rings (SSSR count). The zero-order chi connectivity index (χ0) is 21.4. The number of carbonyl (C=O) groups is 1. The summed E-state index contributed by atoms with van der Waals surface area (Å²) in [5.41, 5.74) is 0.533. The van der Waals surface area contributed by atoms with Crippen LogP contribution in [0.3, 0.4) is 0 Å². The van der Waals surface area contributed by atoms with Gasteiger partial charge in [-0.2, -0.15) is 0 Å². The van der Waals surface area contributed by atoms with Gasteiger partial charge in [-0.25, -0.2) is 4.79 Å². The van der Waals surface area contributed by atoms with E-state index in [0.717, 1.165) is 23.6 Å². The average molecular weight is 413 g/mol. The van der Waals surface area contributed by atoms with Crippen LogP contribution in [0.25, 0.3) is 10.8 Å². The minimum atomic E-state index is -0.289. The van der Waals surface area contributed by atoms with Crippen molar-refractivity contribution in [3.8, 4) is 5.75 Å². The standard InChI is InChI=1S/C27H40O3/c1-3-4-5-6-7-8-9-10-11-12-13-14-17-22-30-27(28)26-24-19-16-15-18-23(24)20-21-25(26)29-2/h15-16,18-21H,3-14,17,22H2,1-2H3. The summed E-state index contributed by atoms with van der Waals surface area (Å²) in [6, 6.07) is 11.7. The smallest absolute Gasteiger partial charge is 0.342 e. The summed E-state index contributed by atoms with van der Waals surface area (Å²) in [5.74, 6) is 0.284. The molecule has 0 unspecified atom stereocenters. The van der Waals surface area contributed by atoms with E-state index in [1.165, 1.54) is 70.6 Å². The molecule has 0 heterocycles. The van der Waals surface area contributed by atoms with Crippen molar-refractivity contribution in [3.05, 3.63) is 42.0 Å². The van der Waals surface area contributed by atoms with Gasteiger partial charge in [0.25, 0.3) is 0 Å². The van der Waals surface area contributed by atoms with Crippen molar-refractivity contribution in [1.29, 1.82) is 0 Å². The summed E-state index contributed by atoms with van der Waals surface area (Å²) >= 11 is 0. The molecule has 0 fully saturated rings. The van der Waals surface area contributed by atoms with E-state index < -0.39 is 0 Å². The molecule has 2 aromatic rings. The van der Waals surface area contributed by atoms with Crippen LogP contribution in [0.2, 0.25) is 0 Å². The van der Waals surface area contributed by atoms with Crippen molar-refractivity contribution in [1.82, 2.24) is 0 Å². The number of methoxy groups -OCH3 is 1. The number of esters is 1. The van der Waals surface area contributed by atoms with Gasteiger partial charge in [-0.1, -0.05) is 114 Å². The van der Waals surface area contributed by atoms with Crippen LogP contribution in [0.1, 0.15) is 101 Å². The summed E-state index contributed by atoms with van der Waals surface area (Å²) in [6.07, 6.45) is 17.0. The van der Waals surface area contributed by atoms with Crippen LogP contribution >= 0.6 is 0 Å². The fourth-order valence-electron chi connectivity index (χ4n) is 3.99. The molecule has 0 N–H and O–H groups in total. The molecular formula is C27H40O3.